The Bertz CT molecular complexity index is 1060. The summed E-state index contributed by atoms with van der Waals surface area (Å²) in [4.78, 5) is 6.94. The Morgan fingerprint density at radius 3 is 2.60 bits per heavy atom. The SMILES string of the molecule is CCN(C)c1nc2ccccc2c2nnc(-c3ccccc3OC)n12. The summed E-state index contributed by atoms with van der Waals surface area (Å²) < 4.78 is 7.52. The van der Waals surface area contributed by atoms with Crippen molar-refractivity contribution in [1.82, 2.24) is 19.6 Å². The van der Waals surface area contributed by atoms with E-state index in [-0.39, 0.29) is 0 Å². The number of nitrogens with zero attached hydrogens (tertiary/aromatic N) is 5. The van der Waals surface area contributed by atoms with Gasteiger partial charge in [0.05, 0.1) is 18.2 Å². The number of para-hydroxylation sites is 2. The van der Waals surface area contributed by atoms with Gasteiger partial charge in [0.25, 0.3) is 0 Å². The number of aromatic nitrogens is 4. The van der Waals surface area contributed by atoms with Gasteiger partial charge in [-0.1, -0.05) is 24.3 Å². The predicted octanol–water partition coefficient (Wildman–Crippen LogP) is 3.41. The predicted molar refractivity (Wildman–Crippen MR) is 99.2 cm³/mol. The van der Waals surface area contributed by atoms with E-state index in [1.165, 1.54) is 0 Å². The first kappa shape index (κ1) is 15.4. The Labute approximate surface area is 145 Å². The number of fused-ring (bicyclic) bond motifs is 3. The molecule has 0 spiro atoms. The van der Waals surface area contributed by atoms with E-state index < -0.39 is 0 Å². The molecule has 0 aliphatic carbocycles. The molecule has 0 aliphatic rings. The molecule has 0 atom stereocenters. The molecule has 0 unspecified atom stereocenters. The van der Waals surface area contributed by atoms with Crippen LogP contribution < -0.4 is 9.64 Å². The first-order chi connectivity index (χ1) is 12.2. The van der Waals surface area contributed by atoms with Crippen molar-refractivity contribution in [3.63, 3.8) is 0 Å². The molecule has 4 rings (SSSR count). The highest BCUT2D eigenvalue weighted by molar-refractivity contribution is 5.93. The van der Waals surface area contributed by atoms with Gasteiger partial charge in [-0.25, -0.2) is 9.38 Å². The number of anilines is 1. The molecule has 2 heterocycles. The number of benzene rings is 2. The highest BCUT2D eigenvalue weighted by Crippen LogP contribution is 2.32. The smallest absolute Gasteiger partial charge is 0.213 e. The van der Waals surface area contributed by atoms with Gasteiger partial charge in [-0.05, 0) is 31.2 Å². The Morgan fingerprint density at radius 2 is 1.80 bits per heavy atom. The molecular weight excluding hydrogens is 314 g/mol. The third-order valence-electron chi connectivity index (χ3n) is 4.39. The fourth-order valence-corrected chi connectivity index (χ4v) is 2.97. The molecule has 4 aromatic rings. The summed E-state index contributed by atoms with van der Waals surface area (Å²) in [5.41, 5.74) is 2.59. The number of methoxy groups -OCH3 is 1. The first-order valence-electron chi connectivity index (χ1n) is 8.23. The molecule has 25 heavy (non-hydrogen) atoms. The van der Waals surface area contributed by atoms with Gasteiger partial charge in [0, 0.05) is 19.0 Å². The second kappa shape index (κ2) is 6.05. The van der Waals surface area contributed by atoms with Gasteiger partial charge in [0.15, 0.2) is 11.5 Å². The highest BCUT2D eigenvalue weighted by atomic mass is 16.5. The van der Waals surface area contributed by atoms with Crippen molar-refractivity contribution in [3.05, 3.63) is 48.5 Å². The molecule has 0 N–H and O–H groups in total. The van der Waals surface area contributed by atoms with Crippen LogP contribution in [0.15, 0.2) is 48.5 Å². The van der Waals surface area contributed by atoms with Crippen molar-refractivity contribution < 1.29 is 4.74 Å². The summed E-state index contributed by atoms with van der Waals surface area (Å²) in [5, 5.41) is 9.91. The zero-order valence-corrected chi connectivity index (χ0v) is 14.5. The minimum atomic E-state index is 0.723. The number of hydrogen-bond donors (Lipinski definition) is 0. The molecule has 0 fully saturated rings. The molecule has 0 saturated carbocycles. The fraction of sp³-hybridized carbons (Fsp3) is 0.211. The number of hydrogen-bond acceptors (Lipinski definition) is 5. The second-order valence-corrected chi connectivity index (χ2v) is 5.83. The molecule has 6 heteroatoms. The Balaban J connectivity index is 2.12. The third kappa shape index (κ3) is 2.38. The quantitative estimate of drug-likeness (QED) is 0.573. The first-order valence-corrected chi connectivity index (χ1v) is 8.23. The van der Waals surface area contributed by atoms with Crippen LogP contribution in [-0.4, -0.2) is 40.3 Å². The number of rotatable bonds is 4. The zero-order valence-electron chi connectivity index (χ0n) is 14.5. The molecule has 0 bridgehead atoms. The van der Waals surface area contributed by atoms with Crippen molar-refractivity contribution in [2.24, 2.45) is 0 Å². The maximum absolute atomic E-state index is 5.52. The summed E-state index contributed by atoms with van der Waals surface area (Å²) in [7, 11) is 3.68. The van der Waals surface area contributed by atoms with Crippen LogP contribution in [0.1, 0.15) is 6.92 Å². The summed E-state index contributed by atoms with van der Waals surface area (Å²) in [6.07, 6.45) is 0. The zero-order chi connectivity index (χ0) is 17.4. The molecule has 0 saturated heterocycles. The monoisotopic (exact) mass is 333 g/mol. The molecule has 6 nitrogen and oxygen atoms in total. The van der Waals surface area contributed by atoms with Crippen LogP contribution >= 0.6 is 0 Å². The van der Waals surface area contributed by atoms with Crippen molar-refractivity contribution >= 4 is 22.5 Å². The average Bonchev–Trinajstić information content (AvgIpc) is 3.12. The van der Waals surface area contributed by atoms with E-state index >= 15 is 0 Å². The maximum Gasteiger partial charge on any atom is 0.213 e. The Hall–Kier alpha value is -3.15. The molecule has 0 aliphatic heterocycles. The fourth-order valence-electron chi connectivity index (χ4n) is 2.97. The van der Waals surface area contributed by atoms with Crippen LogP contribution in [0, 0.1) is 0 Å². The lowest BCUT2D eigenvalue weighted by Gasteiger charge is -2.19. The van der Waals surface area contributed by atoms with Crippen LogP contribution in [0.3, 0.4) is 0 Å². The minimum absolute atomic E-state index is 0.723. The van der Waals surface area contributed by atoms with Gasteiger partial charge in [0.1, 0.15) is 5.75 Å². The van der Waals surface area contributed by atoms with Crippen LogP contribution in [0.25, 0.3) is 27.9 Å². The minimum Gasteiger partial charge on any atom is -0.496 e. The summed E-state index contributed by atoms with van der Waals surface area (Å²) in [5.74, 6) is 2.29. The van der Waals surface area contributed by atoms with E-state index in [2.05, 4.69) is 22.0 Å². The normalized spacial score (nSPS) is 11.2. The van der Waals surface area contributed by atoms with Crippen LogP contribution in [0.2, 0.25) is 0 Å². The van der Waals surface area contributed by atoms with E-state index in [4.69, 9.17) is 9.72 Å². The number of ether oxygens (including phenoxy) is 1. The van der Waals surface area contributed by atoms with Crippen molar-refractivity contribution in [1.29, 1.82) is 0 Å². The van der Waals surface area contributed by atoms with Crippen LogP contribution in [0.5, 0.6) is 5.75 Å². The molecule has 126 valence electrons. The van der Waals surface area contributed by atoms with E-state index in [0.717, 1.165) is 46.2 Å². The summed E-state index contributed by atoms with van der Waals surface area (Å²) in [6.45, 7) is 2.92. The summed E-state index contributed by atoms with van der Waals surface area (Å²) in [6, 6.07) is 15.8. The van der Waals surface area contributed by atoms with Gasteiger partial charge in [0.2, 0.25) is 5.95 Å². The van der Waals surface area contributed by atoms with Gasteiger partial charge in [-0.15, -0.1) is 10.2 Å². The molecule has 2 aromatic carbocycles. The Morgan fingerprint density at radius 1 is 1.04 bits per heavy atom. The molecule has 2 aromatic heterocycles. The lowest BCUT2D eigenvalue weighted by molar-refractivity contribution is 0.416. The topological polar surface area (TPSA) is 55.5 Å². The van der Waals surface area contributed by atoms with Crippen LogP contribution in [-0.2, 0) is 0 Å². The van der Waals surface area contributed by atoms with Crippen molar-refractivity contribution in [2.45, 2.75) is 6.92 Å². The lowest BCUT2D eigenvalue weighted by atomic mass is 10.2. The van der Waals surface area contributed by atoms with Gasteiger partial charge < -0.3 is 9.64 Å². The van der Waals surface area contributed by atoms with E-state index in [0.29, 0.717) is 0 Å². The molecule has 0 radical (unpaired) electrons. The van der Waals surface area contributed by atoms with Gasteiger partial charge in [-0.2, -0.15) is 0 Å². The average molecular weight is 333 g/mol. The summed E-state index contributed by atoms with van der Waals surface area (Å²) >= 11 is 0. The molecule has 0 amide bonds. The van der Waals surface area contributed by atoms with E-state index in [1.54, 1.807) is 7.11 Å². The third-order valence-corrected chi connectivity index (χ3v) is 4.39. The standard InChI is InChI=1S/C19H19N5O/c1-4-23(2)19-20-15-11-7-5-9-13(15)17-21-22-18(24(17)19)14-10-6-8-12-16(14)25-3/h5-12H,4H2,1-3H3. The largest absolute Gasteiger partial charge is 0.496 e. The van der Waals surface area contributed by atoms with Gasteiger partial charge in [-0.3, -0.25) is 0 Å². The second-order valence-electron chi connectivity index (χ2n) is 5.83. The Kier molecular flexibility index (Phi) is 3.72. The van der Waals surface area contributed by atoms with Crippen molar-refractivity contribution in [3.8, 4) is 17.1 Å². The lowest BCUT2D eigenvalue weighted by Crippen LogP contribution is -2.21. The van der Waals surface area contributed by atoms with E-state index in [1.807, 2.05) is 60.0 Å². The van der Waals surface area contributed by atoms with E-state index in [9.17, 15) is 0 Å². The van der Waals surface area contributed by atoms with Crippen LogP contribution in [0.4, 0.5) is 5.95 Å². The van der Waals surface area contributed by atoms with Gasteiger partial charge >= 0.3 is 0 Å². The van der Waals surface area contributed by atoms with Crippen molar-refractivity contribution in [2.75, 3.05) is 25.6 Å². The molecular formula is C19H19N5O. The maximum atomic E-state index is 5.52. The highest BCUT2D eigenvalue weighted by Gasteiger charge is 2.19.